The highest BCUT2D eigenvalue weighted by atomic mass is 16.2. The maximum absolute atomic E-state index is 11.5. The Morgan fingerprint density at radius 3 is 2.60 bits per heavy atom. The van der Waals surface area contributed by atoms with Gasteiger partial charge in [0.25, 0.3) is 0 Å². The third-order valence-electron chi connectivity index (χ3n) is 2.53. The van der Waals surface area contributed by atoms with E-state index in [-0.39, 0.29) is 18.2 Å². The molecule has 1 rings (SSSR count). The van der Waals surface area contributed by atoms with Crippen LogP contribution in [-0.4, -0.2) is 36.3 Å². The molecular formula is C11H20N2O2. The number of nitrogens with one attached hydrogen (secondary N) is 1. The molecule has 1 fully saturated rings. The summed E-state index contributed by atoms with van der Waals surface area (Å²) in [5.41, 5.74) is 0. The van der Waals surface area contributed by atoms with Gasteiger partial charge in [0, 0.05) is 19.6 Å². The highest BCUT2D eigenvalue weighted by molar-refractivity contribution is 5.96. The van der Waals surface area contributed by atoms with Crippen LogP contribution >= 0.6 is 0 Å². The van der Waals surface area contributed by atoms with Crippen molar-refractivity contribution in [3.8, 4) is 0 Å². The average Bonchev–Trinajstić information content (AvgIpc) is 2.97. The highest BCUT2D eigenvalue weighted by Gasteiger charge is 2.24. The first-order chi connectivity index (χ1) is 7.13. The largest absolute Gasteiger partial charge is 0.353 e. The van der Waals surface area contributed by atoms with Crippen molar-refractivity contribution in [1.29, 1.82) is 0 Å². The lowest BCUT2D eigenvalue weighted by molar-refractivity contribution is -0.135. The molecule has 4 heteroatoms. The zero-order valence-electron chi connectivity index (χ0n) is 9.58. The maximum atomic E-state index is 11.5. The van der Waals surface area contributed by atoms with Crippen molar-refractivity contribution >= 4 is 11.8 Å². The minimum atomic E-state index is -0.133. The summed E-state index contributed by atoms with van der Waals surface area (Å²) in [5, 5.41) is 2.81. The lowest BCUT2D eigenvalue weighted by Gasteiger charge is -2.16. The fraction of sp³-hybridized carbons (Fsp3) is 0.818. The number of hydrogen-bond acceptors (Lipinski definition) is 2. The summed E-state index contributed by atoms with van der Waals surface area (Å²) in [5.74, 6) is -0.215. The SMILES string of the molecule is CCCCN(C)C(=O)CC(=O)NC1CC1. The van der Waals surface area contributed by atoms with E-state index in [0.29, 0.717) is 6.04 Å². The van der Waals surface area contributed by atoms with Crippen molar-refractivity contribution in [3.05, 3.63) is 0 Å². The van der Waals surface area contributed by atoms with Crippen LogP contribution in [0.1, 0.15) is 39.0 Å². The van der Waals surface area contributed by atoms with Crippen LogP contribution in [0.2, 0.25) is 0 Å². The number of nitrogens with zero attached hydrogens (tertiary/aromatic N) is 1. The molecule has 0 saturated heterocycles. The second-order valence-corrected chi connectivity index (χ2v) is 4.19. The molecule has 0 unspecified atom stereocenters. The van der Waals surface area contributed by atoms with E-state index in [2.05, 4.69) is 12.2 Å². The Kier molecular flexibility index (Phi) is 4.59. The predicted molar refractivity (Wildman–Crippen MR) is 58.3 cm³/mol. The summed E-state index contributed by atoms with van der Waals surface area (Å²) < 4.78 is 0. The van der Waals surface area contributed by atoms with Crippen molar-refractivity contribution in [1.82, 2.24) is 10.2 Å². The van der Waals surface area contributed by atoms with Crippen LogP contribution in [0.15, 0.2) is 0 Å². The standard InChI is InChI=1S/C11H20N2O2/c1-3-4-7-13(2)11(15)8-10(14)12-9-5-6-9/h9H,3-8H2,1-2H3,(H,12,14). The Morgan fingerprint density at radius 2 is 2.07 bits per heavy atom. The molecule has 15 heavy (non-hydrogen) atoms. The van der Waals surface area contributed by atoms with Crippen LogP contribution < -0.4 is 5.32 Å². The predicted octanol–water partition coefficient (Wildman–Crippen LogP) is 0.914. The summed E-state index contributed by atoms with van der Waals surface area (Å²) >= 11 is 0. The van der Waals surface area contributed by atoms with Crippen LogP contribution in [0.25, 0.3) is 0 Å². The lowest BCUT2D eigenvalue weighted by Crippen LogP contribution is -2.34. The molecule has 1 saturated carbocycles. The van der Waals surface area contributed by atoms with Crippen molar-refractivity contribution in [2.45, 2.75) is 45.1 Å². The van der Waals surface area contributed by atoms with Crippen molar-refractivity contribution in [2.24, 2.45) is 0 Å². The number of rotatable bonds is 6. The second-order valence-electron chi connectivity index (χ2n) is 4.19. The van der Waals surface area contributed by atoms with E-state index in [1.165, 1.54) is 0 Å². The van der Waals surface area contributed by atoms with Gasteiger partial charge in [0.05, 0.1) is 0 Å². The molecule has 1 aliphatic carbocycles. The average molecular weight is 212 g/mol. The van der Waals surface area contributed by atoms with Crippen molar-refractivity contribution in [3.63, 3.8) is 0 Å². The number of unbranched alkanes of at least 4 members (excludes halogenated alkanes) is 1. The molecule has 0 bridgehead atoms. The number of carbonyl (C=O) groups is 2. The highest BCUT2D eigenvalue weighted by Crippen LogP contribution is 2.18. The van der Waals surface area contributed by atoms with Crippen LogP contribution in [0.5, 0.6) is 0 Å². The minimum absolute atomic E-state index is 0.00326. The maximum Gasteiger partial charge on any atom is 0.231 e. The first-order valence-corrected chi connectivity index (χ1v) is 5.66. The number of amides is 2. The van der Waals surface area contributed by atoms with E-state index in [1.807, 2.05) is 0 Å². The zero-order chi connectivity index (χ0) is 11.3. The molecule has 0 aromatic rings. The van der Waals surface area contributed by atoms with E-state index < -0.39 is 0 Å². The van der Waals surface area contributed by atoms with Crippen molar-refractivity contribution in [2.75, 3.05) is 13.6 Å². The topological polar surface area (TPSA) is 49.4 Å². The molecule has 0 radical (unpaired) electrons. The molecule has 0 heterocycles. The summed E-state index contributed by atoms with van der Waals surface area (Å²) in [7, 11) is 1.75. The molecular weight excluding hydrogens is 192 g/mol. The quantitative estimate of drug-likeness (QED) is 0.665. The Labute approximate surface area is 91.0 Å². The fourth-order valence-electron chi connectivity index (χ4n) is 1.30. The smallest absolute Gasteiger partial charge is 0.231 e. The molecule has 0 aliphatic heterocycles. The molecule has 0 spiro atoms. The first kappa shape index (κ1) is 12.0. The summed E-state index contributed by atoms with van der Waals surface area (Å²) in [6.07, 6.45) is 4.17. The van der Waals surface area contributed by atoms with Gasteiger partial charge in [-0.25, -0.2) is 0 Å². The minimum Gasteiger partial charge on any atom is -0.353 e. The van der Waals surface area contributed by atoms with Gasteiger partial charge >= 0.3 is 0 Å². The molecule has 2 amide bonds. The Morgan fingerprint density at radius 1 is 1.40 bits per heavy atom. The molecule has 0 aromatic carbocycles. The summed E-state index contributed by atoms with van der Waals surface area (Å²) in [6.45, 7) is 2.82. The normalized spacial score (nSPS) is 14.8. The van der Waals surface area contributed by atoms with Gasteiger partial charge in [-0.2, -0.15) is 0 Å². The van der Waals surface area contributed by atoms with Gasteiger partial charge < -0.3 is 10.2 Å². The van der Waals surface area contributed by atoms with E-state index in [4.69, 9.17) is 0 Å². The van der Waals surface area contributed by atoms with Gasteiger partial charge in [0.1, 0.15) is 6.42 Å². The van der Waals surface area contributed by atoms with Gasteiger partial charge in [-0.05, 0) is 19.3 Å². The van der Waals surface area contributed by atoms with E-state index in [0.717, 1.165) is 32.2 Å². The number of hydrogen-bond donors (Lipinski definition) is 1. The van der Waals surface area contributed by atoms with Crippen LogP contribution in [-0.2, 0) is 9.59 Å². The second kappa shape index (κ2) is 5.73. The molecule has 4 nitrogen and oxygen atoms in total. The molecule has 0 atom stereocenters. The van der Waals surface area contributed by atoms with Crippen LogP contribution in [0, 0.1) is 0 Å². The Hall–Kier alpha value is -1.06. The summed E-state index contributed by atoms with van der Waals surface area (Å²) in [6, 6.07) is 0.339. The number of carbonyl (C=O) groups excluding carboxylic acids is 2. The fourth-order valence-corrected chi connectivity index (χ4v) is 1.30. The van der Waals surface area contributed by atoms with Crippen LogP contribution in [0.4, 0.5) is 0 Å². The van der Waals surface area contributed by atoms with Gasteiger partial charge in [-0.15, -0.1) is 0 Å². The zero-order valence-corrected chi connectivity index (χ0v) is 9.58. The van der Waals surface area contributed by atoms with Gasteiger partial charge in [0.15, 0.2) is 0 Å². The van der Waals surface area contributed by atoms with Gasteiger partial charge in [-0.3, -0.25) is 9.59 Å². The molecule has 1 N–H and O–H groups in total. The first-order valence-electron chi connectivity index (χ1n) is 5.66. The Bertz CT molecular complexity index is 237. The summed E-state index contributed by atoms with van der Waals surface area (Å²) in [4.78, 5) is 24.5. The third kappa shape index (κ3) is 4.81. The molecule has 86 valence electrons. The van der Waals surface area contributed by atoms with Gasteiger partial charge in [0.2, 0.25) is 11.8 Å². The van der Waals surface area contributed by atoms with E-state index in [1.54, 1.807) is 11.9 Å². The molecule has 1 aliphatic rings. The van der Waals surface area contributed by atoms with E-state index >= 15 is 0 Å². The lowest BCUT2D eigenvalue weighted by atomic mass is 10.3. The van der Waals surface area contributed by atoms with Gasteiger partial charge in [-0.1, -0.05) is 13.3 Å². The molecule has 0 aromatic heterocycles. The monoisotopic (exact) mass is 212 g/mol. The van der Waals surface area contributed by atoms with Crippen LogP contribution in [0.3, 0.4) is 0 Å². The third-order valence-corrected chi connectivity index (χ3v) is 2.53. The Balaban J connectivity index is 2.17. The van der Waals surface area contributed by atoms with Crippen molar-refractivity contribution < 1.29 is 9.59 Å². The van der Waals surface area contributed by atoms with E-state index in [9.17, 15) is 9.59 Å².